The molecule has 0 aromatic heterocycles. The lowest BCUT2D eigenvalue weighted by Crippen LogP contribution is -2.31. The molecular formula is C23H23F3N2O7. The maximum atomic E-state index is 13.2. The van der Waals surface area contributed by atoms with E-state index in [9.17, 15) is 37.7 Å². The van der Waals surface area contributed by atoms with Crippen LogP contribution in [0.2, 0.25) is 0 Å². The van der Waals surface area contributed by atoms with Crippen molar-refractivity contribution in [1.82, 2.24) is 0 Å². The van der Waals surface area contributed by atoms with Crippen LogP contribution >= 0.6 is 0 Å². The molecule has 0 fully saturated rings. The number of Topliss-reactive ketones (excluding diaryl/α,β-unsaturated/α-hetero) is 1. The molecule has 0 aliphatic carbocycles. The average Bonchev–Trinajstić information content (AvgIpc) is 2.80. The number of rotatable bonds is 11. The number of halogens is 3. The number of ether oxygens (including phenoxy) is 2. The number of nitrogens with zero attached hydrogens (tertiary/aromatic N) is 1. The van der Waals surface area contributed by atoms with Crippen molar-refractivity contribution < 1.29 is 42.0 Å². The zero-order valence-corrected chi connectivity index (χ0v) is 18.9. The predicted molar refractivity (Wildman–Crippen MR) is 118 cm³/mol. The number of carbonyl (C=O) groups is 3. The van der Waals surface area contributed by atoms with Gasteiger partial charge in [0.1, 0.15) is 5.75 Å². The summed E-state index contributed by atoms with van der Waals surface area (Å²) in [6.07, 6.45) is -6.19. The smallest absolute Gasteiger partial charge is 0.418 e. The fraction of sp³-hybridized carbons (Fsp3) is 0.348. The maximum Gasteiger partial charge on any atom is 0.418 e. The molecule has 12 heteroatoms. The molecule has 0 heterocycles. The Hall–Kier alpha value is -3.96. The molecular weight excluding hydrogens is 473 g/mol. The topological polar surface area (TPSA) is 125 Å². The van der Waals surface area contributed by atoms with Crippen molar-refractivity contribution >= 4 is 29.0 Å². The van der Waals surface area contributed by atoms with E-state index in [-0.39, 0.29) is 18.6 Å². The zero-order chi connectivity index (χ0) is 26.2. The predicted octanol–water partition coefficient (Wildman–Crippen LogP) is 4.94. The standard InChI is InChI=1S/C23H23F3N2O7/c1-3-12-34-17-7-4-15(5-8-17)20(29)10-11-21(30)35-14(2)22(31)27-19-9-6-16(28(32)33)13-18(19)23(24,25)26/h4-9,13-14H,3,10-12H2,1-2H3,(H,27,31)/t14-/m0/s1. The maximum absolute atomic E-state index is 13.2. The van der Waals surface area contributed by atoms with Gasteiger partial charge in [0, 0.05) is 24.1 Å². The summed E-state index contributed by atoms with van der Waals surface area (Å²) in [5, 5.41) is 12.7. The van der Waals surface area contributed by atoms with Crippen molar-refractivity contribution in [3.63, 3.8) is 0 Å². The Bertz CT molecular complexity index is 1090. The van der Waals surface area contributed by atoms with Crippen LogP contribution in [0.15, 0.2) is 42.5 Å². The number of amides is 1. The molecule has 35 heavy (non-hydrogen) atoms. The summed E-state index contributed by atoms with van der Waals surface area (Å²) in [7, 11) is 0. The number of alkyl halides is 3. The van der Waals surface area contributed by atoms with Gasteiger partial charge in [-0.2, -0.15) is 13.2 Å². The summed E-state index contributed by atoms with van der Waals surface area (Å²) < 4.78 is 50.1. The van der Waals surface area contributed by atoms with E-state index in [1.54, 1.807) is 24.3 Å². The highest BCUT2D eigenvalue weighted by molar-refractivity contribution is 5.98. The van der Waals surface area contributed by atoms with Crippen LogP contribution in [0.5, 0.6) is 5.75 Å². The molecule has 0 aliphatic rings. The first kappa shape index (κ1) is 27.3. The molecule has 0 unspecified atom stereocenters. The SMILES string of the molecule is CCCOc1ccc(C(=O)CCC(=O)O[C@@H](C)C(=O)Nc2ccc([N+](=O)[O-])cc2C(F)(F)F)cc1. The first-order valence-corrected chi connectivity index (χ1v) is 10.5. The van der Waals surface area contributed by atoms with E-state index in [1.807, 2.05) is 12.2 Å². The van der Waals surface area contributed by atoms with Gasteiger partial charge in [0.15, 0.2) is 11.9 Å². The van der Waals surface area contributed by atoms with E-state index in [4.69, 9.17) is 9.47 Å². The minimum absolute atomic E-state index is 0.205. The molecule has 9 nitrogen and oxygen atoms in total. The highest BCUT2D eigenvalue weighted by atomic mass is 19.4. The van der Waals surface area contributed by atoms with Gasteiger partial charge in [0.05, 0.1) is 29.2 Å². The monoisotopic (exact) mass is 496 g/mol. The third kappa shape index (κ3) is 8.09. The second kappa shape index (κ2) is 12.0. The number of nitro benzene ring substituents is 1. The molecule has 1 N–H and O–H groups in total. The average molecular weight is 496 g/mol. The van der Waals surface area contributed by atoms with Crippen molar-refractivity contribution in [3.8, 4) is 5.75 Å². The van der Waals surface area contributed by atoms with Gasteiger partial charge in [-0.05, 0) is 43.7 Å². The van der Waals surface area contributed by atoms with Gasteiger partial charge in [-0.25, -0.2) is 0 Å². The molecule has 0 saturated heterocycles. The van der Waals surface area contributed by atoms with Crippen LogP contribution in [0.1, 0.15) is 49.0 Å². The first-order valence-electron chi connectivity index (χ1n) is 10.5. The molecule has 2 aromatic rings. The number of anilines is 1. The lowest BCUT2D eigenvalue weighted by atomic mass is 10.1. The van der Waals surface area contributed by atoms with Crippen molar-refractivity contribution in [2.75, 3.05) is 11.9 Å². The quantitative estimate of drug-likeness (QED) is 0.202. The summed E-state index contributed by atoms with van der Waals surface area (Å²) in [5.41, 5.74) is -2.60. The summed E-state index contributed by atoms with van der Waals surface area (Å²) in [5.74, 6) is -1.72. The molecule has 1 atom stereocenters. The molecule has 0 radical (unpaired) electrons. The molecule has 0 spiro atoms. The van der Waals surface area contributed by atoms with E-state index in [0.29, 0.717) is 24.0 Å². The summed E-state index contributed by atoms with van der Waals surface area (Å²) in [4.78, 5) is 46.3. The Labute approximate surface area is 198 Å². The fourth-order valence-electron chi connectivity index (χ4n) is 2.85. The second-order valence-electron chi connectivity index (χ2n) is 7.40. The van der Waals surface area contributed by atoms with Gasteiger partial charge in [-0.3, -0.25) is 24.5 Å². The largest absolute Gasteiger partial charge is 0.494 e. The van der Waals surface area contributed by atoms with E-state index >= 15 is 0 Å². The molecule has 0 saturated carbocycles. The van der Waals surface area contributed by atoms with Crippen molar-refractivity contribution in [1.29, 1.82) is 0 Å². The van der Waals surface area contributed by atoms with Crippen LogP contribution in [0.25, 0.3) is 0 Å². The van der Waals surface area contributed by atoms with Crippen molar-refractivity contribution in [2.45, 2.75) is 45.4 Å². The highest BCUT2D eigenvalue weighted by Crippen LogP contribution is 2.37. The number of ketones is 1. The lowest BCUT2D eigenvalue weighted by molar-refractivity contribution is -0.385. The van der Waals surface area contributed by atoms with Gasteiger partial charge in [-0.15, -0.1) is 0 Å². The number of carbonyl (C=O) groups excluding carboxylic acids is 3. The summed E-state index contributed by atoms with van der Waals surface area (Å²) >= 11 is 0. The Kier molecular flexibility index (Phi) is 9.32. The number of hydrogen-bond donors (Lipinski definition) is 1. The lowest BCUT2D eigenvalue weighted by Gasteiger charge is -2.17. The highest BCUT2D eigenvalue weighted by Gasteiger charge is 2.36. The Morgan fingerprint density at radius 3 is 2.31 bits per heavy atom. The third-order valence-corrected chi connectivity index (χ3v) is 4.66. The van der Waals surface area contributed by atoms with Crippen LogP contribution in [-0.4, -0.2) is 35.3 Å². The van der Waals surface area contributed by atoms with E-state index in [0.717, 1.165) is 25.5 Å². The number of non-ortho nitro benzene ring substituents is 1. The van der Waals surface area contributed by atoms with Crippen LogP contribution in [0, 0.1) is 10.1 Å². The molecule has 2 rings (SSSR count). The van der Waals surface area contributed by atoms with Crippen LogP contribution < -0.4 is 10.1 Å². The van der Waals surface area contributed by atoms with Crippen molar-refractivity contribution in [3.05, 3.63) is 63.7 Å². The molecule has 0 aliphatic heterocycles. The van der Waals surface area contributed by atoms with E-state index in [1.165, 1.54) is 0 Å². The molecule has 0 bridgehead atoms. The number of nitro groups is 1. The van der Waals surface area contributed by atoms with Gasteiger partial charge < -0.3 is 14.8 Å². The number of benzene rings is 2. The van der Waals surface area contributed by atoms with Gasteiger partial charge in [-0.1, -0.05) is 6.92 Å². The van der Waals surface area contributed by atoms with Gasteiger partial charge in [0.25, 0.3) is 11.6 Å². The Morgan fingerprint density at radius 2 is 1.74 bits per heavy atom. The number of esters is 1. The van der Waals surface area contributed by atoms with Crippen LogP contribution in [-0.2, 0) is 20.5 Å². The summed E-state index contributed by atoms with van der Waals surface area (Å²) in [6, 6.07) is 8.19. The van der Waals surface area contributed by atoms with Crippen LogP contribution in [0.4, 0.5) is 24.5 Å². The fourth-order valence-corrected chi connectivity index (χ4v) is 2.85. The zero-order valence-electron chi connectivity index (χ0n) is 18.9. The van der Waals surface area contributed by atoms with Gasteiger partial charge in [0.2, 0.25) is 0 Å². The number of nitrogens with one attached hydrogen (secondary N) is 1. The van der Waals surface area contributed by atoms with Gasteiger partial charge >= 0.3 is 12.1 Å². The minimum atomic E-state index is -4.98. The Morgan fingerprint density at radius 1 is 1.09 bits per heavy atom. The number of hydrogen-bond acceptors (Lipinski definition) is 7. The minimum Gasteiger partial charge on any atom is -0.494 e. The Balaban J connectivity index is 1.93. The van der Waals surface area contributed by atoms with E-state index in [2.05, 4.69) is 0 Å². The molecule has 188 valence electrons. The second-order valence-corrected chi connectivity index (χ2v) is 7.40. The van der Waals surface area contributed by atoms with E-state index < -0.39 is 46.0 Å². The summed E-state index contributed by atoms with van der Waals surface area (Å²) in [6.45, 7) is 3.63. The molecule has 2 aromatic carbocycles. The normalized spacial score (nSPS) is 11.9. The molecule has 1 amide bonds. The van der Waals surface area contributed by atoms with Crippen molar-refractivity contribution in [2.24, 2.45) is 0 Å². The third-order valence-electron chi connectivity index (χ3n) is 4.66. The first-order chi connectivity index (χ1) is 16.4. The van der Waals surface area contributed by atoms with Crippen LogP contribution in [0.3, 0.4) is 0 Å².